The van der Waals surface area contributed by atoms with Gasteiger partial charge < -0.3 is 5.32 Å². The van der Waals surface area contributed by atoms with Gasteiger partial charge in [0.25, 0.3) is 0 Å². The molecule has 0 radical (unpaired) electrons. The molecule has 72 valence electrons. The number of alkyl halides is 2. The molecule has 13 heavy (non-hydrogen) atoms. The molecule has 0 saturated heterocycles. The highest BCUT2D eigenvalue weighted by Crippen LogP contribution is 2.06. The van der Waals surface area contributed by atoms with Crippen LogP contribution in [0.15, 0.2) is 4.79 Å². The molecule has 0 bridgehead atoms. The van der Waals surface area contributed by atoms with E-state index in [4.69, 9.17) is 0 Å². The van der Waals surface area contributed by atoms with Gasteiger partial charge in [0.05, 0.1) is 6.54 Å². The molecule has 2 heterocycles. The van der Waals surface area contributed by atoms with E-state index in [1.54, 1.807) is 0 Å². The van der Waals surface area contributed by atoms with Gasteiger partial charge in [0, 0.05) is 13.1 Å². The first-order valence-electron chi connectivity index (χ1n) is 3.87. The zero-order valence-corrected chi connectivity index (χ0v) is 6.70. The summed E-state index contributed by atoms with van der Waals surface area (Å²) in [5.74, 6) is 0.372. The molecule has 0 aromatic carbocycles. The average molecular weight is 190 g/mol. The Labute approximate surface area is 72.0 Å². The molecule has 5 nitrogen and oxygen atoms in total. The van der Waals surface area contributed by atoms with Crippen molar-refractivity contribution < 1.29 is 8.78 Å². The fourth-order valence-electron chi connectivity index (χ4n) is 1.33. The first-order chi connectivity index (χ1) is 6.20. The highest BCUT2D eigenvalue weighted by Gasteiger charge is 2.20. The molecule has 0 fully saturated rings. The topological polar surface area (TPSA) is 51.9 Å². The number of nitrogens with zero attached hydrogens (tertiary/aromatic N) is 3. The van der Waals surface area contributed by atoms with Crippen LogP contribution in [0.3, 0.4) is 0 Å². The molecule has 1 aliphatic rings. The Morgan fingerprint density at radius 3 is 2.92 bits per heavy atom. The predicted molar refractivity (Wildman–Crippen MR) is 39.4 cm³/mol. The van der Waals surface area contributed by atoms with Crippen LogP contribution in [0.4, 0.5) is 8.78 Å². The lowest BCUT2D eigenvalue weighted by Crippen LogP contribution is -2.34. The average Bonchev–Trinajstić information content (AvgIpc) is 2.45. The lowest BCUT2D eigenvalue weighted by atomic mass is 10.4. The predicted octanol–water partition coefficient (Wildman–Crippen LogP) is -0.457. The Kier molecular flexibility index (Phi) is 1.87. The van der Waals surface area contributed by atoms with Crippen molar-refractivity contribution in [3.05, 3.63) is 16.3 Å². The van der Waals surface area contributed by atoms with E-state index >= 15 is 0 Å². The zero-order chi connectivity index (χ0) is 9.42. The molecular weight excluding hydrogens is 182 g/mol. The fourth-order valence-corrected chi connectivity index (χ4v) is 1.33. The first kappa shape index (κ1) is 8.36. The van der Waals surface area contributed by atoms with Gasteiger partial charge in [0.1, 0.15) is 5.82 Å². The van der Waals surface area contributed by atoms with E-state index in [-0.39, 0.29) is 4.68 Å². The normalized spacial score (nSPS) is 16.2. The number of aromatic nitrogens is 3. The third-order valence-electron chi connectivity index (χ3n) is 1.94. The van der Waals surface area contributed by atoms with E-state index in [1.807, 2.05) is 0 Å². The number of hydrogen-bond donors (Lipinski definition) is 1. The van der Waals surface area contributed by atoms with Gasteiger partial charge in [-0.3, -0.25) is 4.57 Å². The van der Waals surface area contributed by atoms with Gasteiger partial charge in [0.2, 0.25) is 0 Å². The van der Waals surface area contributed by atoms with Crippen LogP contribution in [-0.4, -0.2) is 20.9 Å². The maximum Gasteiger partial charge on any atom is 0.350 e. The van der Waals surface area contributed by atoms with E-state index < -0.39 is 12.2 Å². The number of nitrogens with one attached hydrogen (secondary N) is 1. The van der Waals surface area contributed by atoms with E-state index in [0.717, 1.165) is 0 Å². The summed E-state index contributed by atoms with van der Waals surface area (Å²) in [7, 11) is 0. The Bertz CT molecular complexity index is 369. The smallest absolute Gasteiger partial charge is 0.308 e. The van der Waals surface area contributed by atoms with E-state index in [0.29, 0.717) is 25.5 Å². The minimum atomic E-state index is -2.86. The Morgan fingerprint density at radius 1 is 1.54 bits per heavy atom. The SMILES string of the molecule is O=c1n(C(F)F)nc2n1CCNC2. The van der Waals surface area contributed by atoms with Crippen LogP contribution in [0.5, 0.6) is 0 Å². The molecule has 0 atom stereocenters. The third-order valence-corrected chi connectivity index (χ3v) is 1.94. The van der Waals surface area contributed by atoms with Crippen LogP contribution < -0.4 is 11.0 Å². The first-order valence-corrected chi connectivity index (χ1v) is 3.87. The van der Waals surface area contributed by atoms with Gasteiger partial charge in [-0.05, 0) is 0 Å². The minimum Gasteiger partial charge on any atom is -0.308 e. The number of hydrogen-bond acceptors (Lipinski definition) is 3. The number of halogens is 2. The largest absolute Gasteiger partial charge is 0.350 e. The lowest BCUT2D eigenvalue weighted by molar-refractivity contribution is 0.0518. The van der Waals surface area contributed by atoms with E-state index in [2.05, 4.69) is 10.4 Å². The molecule has 0 unspecified atom stereocenters. The maximum absolute atomic E-state index is 12.2. The summed E-state index contributed by atoms with van der Waals surface area (Å²) in [5.41, 5.74) is -0.730. The van der Waals surface area contributed by atoms with Gasteiger partial charge in [-0.1, -0.05) is 0 Å². The highest BCUT2D eigenvalue weighted by molar-refractivity contribution is 4.90. The van der Waals surface area contributed by atoms with Crippen molar-refractivity contribution in [3.63, 3.8) is 0 Å². The Hall–Kier alpha value is -1.24. The summed E-state index contributed by atoms with van der Waals surface area (Å²) in [6.45, 7) is -1.47. The summed E-state index contributed by atoms with van der Waals surface area (Å²) in [6, 6.07) is 0. The number of rotatable bonds is 1. The zero-order valence-electron chi connectivity index (χ0n) is 6.70. The maximum atomic E-state index is 12.2. The molecule has 0 aliphatic carbocycles. The number of fused-ring (bicyclic) bond motifs is 1. The molecule has 7 heteroatoms. The van der Waals surface area contributed by atoms with Crippen molar-refractivity contribution in [1.82, 2.24) is 19.7 Å². The van der Waals surface area contributed by atoms with Gasteiger partial charge in [0.15, 0.2) is 0 Å². The molecule has 0 spiro atoms. The van der Waals surface area contributed by atoms with Gasteiger partial charge in [-0.25, -0.2) is 4.79 Å². The lowest BCUT2D eigenvalue weighted by Gasteiger charge is -2.11. The van der Waals surface area contributed by atoms with Crippen molar-refractivity contribution in [2.45, 2.75) is 19.6 Å². The molecule has 1 aliphatic heterocycles. The molecule has 0 saturated carbocycles. The molecule has 1 N–H and O–H groups in total. The standard InChI is InChI=1S/C6H8F2N4O/c7-5(8)12-6(13)11-2-1-9-3-4(11)10-12/h5,9H,1-3H2. The molecular formula is C6H8F2N4O. The summed E-state index contributed by atoms with van der Waals surface area (Å²) in [6.07, 6.45) is 0. The molecule has 1 aromatic rings. The monoisotopic (exact) mass is 190 g/mol. The second kappa shape index (κ2) is 2.91. The summed E-state index contributed by atoms with van der Waals surface area (Å²) < 4.78 is 25.8. The Balaban J connectivity index is 2.51. The quantitative estimate of drug-likeness (QED) is 0.652. The second-order valence-electron chi connectivity index (χ2n) is 2.75. The molecule has 2 rings (SSSR count). The second-order valence-corrected chi connectivity index (χ2v) is 2.75. The Morgan fingerprint density at radius 2 is 2.31 bits per heavy atom. The minimum absolute atomic E-state index is 0.211. The molecule has 0 amide bonds. The van der Waals surface area contributed by atoms with Crippen LogP contribution in [0.1, 0.15) is 12.4 Å². The highest BCUT2D eigenvalue weighted by atomic mass is 19.3. The van der Waals surface area contributed by atoms with Crippen molar-refractivity contribution in [3.8, 4) is 0 Å². The summed E-state index contributed by atoms with van der Waals surface area (Å²) in [5, 5.41) is 6.44. The van der Waals surface area contributed by atoms with Crippen molar-refractivity contribution in [2.75, 3.05) is 6.54 Å². The van der Waals surface area contributed by atoms with Crippen molar-refractivity contribution in [2.24, 2.45) is 0 Å². The van der Waals surface area contributed by atoms with E-state index in [1.165, 1.54) is 4.57 Å². The van der Waals surface area contributed by atoms with E-state index in [9.17, 15) is 13.6 Å². The third kappa shape index (κ3) is 1.24. The molecule has 1 aromatic heterocycles. The fraction of sp³-hybridized carbons (Fsp3) is 0.667. The van der Waals surface area contributed by atoms with Crippen LogP contribution in [0, 0.1) is 0 Å². The van der Waals surface area contributed by atoms with Crippen molar-refractivity contribution in [1.29, 1.82) is 0 Å². The van der Waals surface area contributed by atoms with Crippen molar-refractivity contribution >= 4 is 0 Å². The van der Waals surface area contributed by atoms with Crippen LogP contribution in [-0.2, 0) is 13.1 Å². The van der Waals surface area contributed by atoms with Gasteiger partial charge in [-0.15, -0.1) is 9.78 Å². The summed E-state index contributed by atoms with van der Waals surface area (Å²) in [4.78, 5) is 11.2. The van der Waals surface area contributed by atoms with Crippen LogP contribution in [0.2, 0.25) is 0 Å². The van der Waals surface area contributed by atoms with Crippen LogP contribution >= 0.6 is 0 Å². The van der Waals surface area contributed by atoms with Gasteiger partial charge in [-0.2, -0.15) is 8.78 Å². The summed E-state index contributed by atoms with van der Waals surface area (Å²) >= 11 is 0. The van der Waals surface area contributed by atoms with Crippen LogP contribution in [0.25, 0.3) is 0 Å². The van der Waals surface area contributed by atoms with Gasteiger partial charge >= 0.3 is 12.2 Å².